The molecule has 2 aromatic carbocycles. The average Bonchev–Trinajstić information content (AvgIpc) is 2.68. The number of amides is 1. The van der Waals surface area contributed by atoms with Gasteiger partial charge in [-0.2, -0.15) is 5.10 Å². The third-order valence-electron chi connectivity index (χ3n) is 3.88. The molecule has 0 aliphatic carbocycles. The van der Waals surface area contributed by atoms with E-state index in [0.717, 1.165) is 22.5 Å². The van der Waals surface area contributed by atoms with Crippen LogP contribution in [-0.2, 0) is 0 Å². The molecule has 26 heavy (non-hydrogen) atoms. The highest BCUT2D eigenvalue weighted by Crippen LogP contribution is 2.20. The molecule has 5 nitrogen and oxygen atoms in total. The van der Waals surface area contributed by atoms with Gasteiger partial charge in [0.1, 0.15) is 0 Å². The third-order valence-corrected chi connectivity index (χ3v) is 3.88. The number of anilines is 2. The second-order valence-electron chi connectivity index (χ2n) is 5.97. The molecular weight excluding hydrogens is 324 g/mol. The molecule has 1 aromatic heterocycles. The van der Waals surface area contributed by atoms with Crippen LogP contribution in [0.2, 0.25) is 0 Å². The van der Waals surface area contributed by atoms with E-state index in [0.29, 0.717) is 0 Å². The highest BCUT2D eigenvalue weighted by Gasteiger charge is 2.09. The van der Waals surface area contributed by atoms with E-state index in [1.807, 2.05) is 50.5 Å². The smallest absolute Gasteiger partial charge is 0.276 e. The molecule has 3 rings (SSSR count). The summed E-state index contributed by atoms with van der Waals surface area (Å²) < 4.78 is 0. The molecule has 0 saturated heterocycles. The fourth-order valence-corrected chi connectivity index (χ4v) is 2.43. The van der Waals surface area contributed by atoms with Crippen LogP contribution in [0.4, 0.5) is 11.4 Å². The lowest BCUT2D eigenvalue weighted by atomic mass is 10.1. The average molecular weight is 344 g/mol. The van der Waals surface area contributed by atoms with Gasteiger partial charge < -0.3 is 10.2 Å². The Labute approximate surface area is 153 Å². The summed E-state index contributed by atoms with van der Waals surface area (Å²) in [7, 11) is 4.03. The number of rotatable bonds is 5. The topological polar surface area (TPSA) is 58.1 Å². The Morgan fingerprint density at radius 1 is 0.962 bits per heavy atom. The zero-order valence-electron chi connectivity index (χ0n) is 14.8. The van der Waals surface area contributed by atoms with Crippen LogP contribution < -0.4 is 10.2 Å². The monoisotopic (exact) mass is 344 g/mol. The first-order valence-corrected chi connectivity index (χ1v) is 8.27. The van der Waals surface area contributed by atoms with Crippen LogP contribution in [0, 0.1) is 0 Å². The van der Waals surface area contributed by atoms with E-state index in [4.69, 9.17) is 0 Å². The Morgan fingerprint density at radius 2 is 1.73 bits per heavy atom. The first-order valence-electron chi connectivity index (χ1n) is 8.27. The second kappa shape index (κ2) is 8.07. The number of hydrogen-bond donors (Lipinski definition) is 1. The largest absolute Gasteiger partial charge is 0.378 e. The molecule has 130 valence electrons. The molecule has 0 saturated carbocycles. The Bertz CT molecular complexity index is 903. The molecule has 1 heterocycles. The lowest BCUT2D eigenvalue weighted by Gasteiger charge is -2.12. The summed E-state index contributed by atoms with van der Waals surface area (Å²) in [5.41, 5.74) is 4.17. The van der Waals surface area contributed by atoms with Gasteiger partial charge in [-0.25, -0.2) is 0 Å². The SMILES string of the molecule is CN(C)c1ccc(/C=C/c2ccccc2NC(=O)c2cccnn2)cc1. The molecule has 1 amide bonds. The molecule has 3 aromatic rings. The van der Waals surface area contributed by atoms with Crippen molar-refractivity contribution in [1.82, 2.24) is 10.2 Å². The summed E-state index contributed by atoms with van der Waals surface area (Å²) in [5, 5.41) is 10.5. The zero-order valence-corrected chi connectivity index (χ0v) is 14.8. The zero-order chi connectivity index (χ0) is 18.4. The van der Waals surface area contributed by atoms with E-state index in [9.17, 15) is 4.79 Å². The van der Waals surface area contributed by atoms with Gasteiger partial charge in [0.2, 0.25) is 0 Å². The van der Waals surface area contributed by atoms with Crippen LogP contribution in [0.3, 0.4) is 0 Å². The summed E-state index contributed by atoms with van der Waals surface area (Å²) in [6, 6.07) is 19.2. The van der Waals surface area contributed by atoms with Gasteiger partial charge in [0.05, 0.1) is 0 Å². The van der Waals surface area contributed by atoms with E-state index in [-0.39, 0.29) is 11.6 Å². The minimum Gasteiger partial charge on any atom is -0.378 e. The van der Waals surface area contributed by atoms with Crippen molar-refractivity contribution in [3.8, 4) is 0 Å². The van der Waals surface area contributed by atoms with E-state index in [2.05, 4.69) is 44.7 Å². The molecule has 1 N–H and O–H groups in total. The molecule has 0 aliphatic heterocycles. The van der Waals surface area contributed by atoms with Crippen LogP contribution in [0.25, 0.3) is 12.2 Å². The van der Waals surface area contributed by atoms with Crippen molar-refractivity contribution >= 4 is 29.4 Å². The standard InChI is InChI=1S/C21H20N4O/c1-25(2)18-13-10-16(11-14-18)9-12-17-6-3-4-7-19(17)23-21(26)20-8-5-15-22-24-20/h3-15H,1-2H3,(H,23,26)/b12-9+. The summed E-state index contributed by atoms with van der Waals surface area (Å²) >= 11 is 0. The Kier molecular flexibility index (Phi) is 5.39. The van der Waals surface area contributed by atoms with Gasteiger partial charge in [0.15, 0.2) is 5.69 Å². The van der Waals surface area contributed by atoms with Gasteiger partial charge >= 0.3 is 0 Å². The van der Waals surface area contributed by atoms with E-state index >= 15 is 0 Å². The number of para-hydroxylation sites is 1. The van der Waals surface area contributed by atoms with Crippen LogP contribution >= 0.6 is 0 Å². The number of hydrogen-bond acceptors (Lipinski definition) is 4. The number of aromatic nitrogens is 2. The molecule has 5 heteroatoms. The molecule has 0 spiro atoms. The van der Waals surface area contributed by atoms with Gasteiger partial charge in [0.25, 0.3) is 5.91 Å². The first kappa shape index (κ1) is 17.4. The Morgan fingerprint density at radius 3 is 2.42 bits per heavy atom. The summed E-state index contributed by atoms with van der Waals surface area (Å²) in [4.78, 5) is 14.4. The van der Waals surface area contributed by atoms with Crippen molar-refractivity contribution in [3.63, 3.8) is 0 Å². The van der Waals surface area contributed by atoms with Crippen LogP contribution in [0.1, 0.15) is 21.6 Å². The molecule has 0 radical (unpaired) electrons. The number of benzene rings is 2. The van der Waals surface area contributed by atoms with E-state index in [1.165, 1.54) is 6.20 Å². The molecule has 0 fully saturated rings. The molecular formula is C21H20N4O. The fraction of sp³-hybridized carbons (Fsp3) is 0.0952. The van der Waals surface area contributed by atoms with Gasteiger partial charge in [-0.05, 0) is 41.5 Å². The van der Waals surface area contributed by atoms with Crippen molar-refractivity contribution in [3.05, 3.63) is 83.7 Å². The number of carbonyl (C=O) groups excluding carboxylic acids is 1. The lowest BCUT2D eigenvalue weighted by molar-refractivity contribution is 0.102. The molecule has 0 bridgehead atoms. The highest BCUT2D eigenvalue weighted by molar-refractivity contribution is 6.04. The number of nitrogens with one attached hydrogen (secondary N) is 1. The third kappa shape index (κ3) is 4.33. The fourth-order valence-electron chi connectivity index (χ4n) is 2.43. The van der Waals surface area contributed by atoms with Gasteiger partial charge in [-0.1, -0.05) is 42.5 Å². The maximum Gasteiger partial charge on any atom is 0.276 e. The van der Waals surface area contributed by atoms with Crippen LogP contribution in [0.15, 0.2) is 66.9 Å². The van der Waals surface area contributed by atoms with Crippen molar-refractivity contribution < 1.29 is 4.79 Å². The maximum absolute atomic E-state index is 12.3. The summed E-state index contributed by atoms with van der Waals surface area (Å²) in [5.74, 6) is -0.283. The van der Waals surface area contributed by atoms with Crippen LogP contribution in [-0.4, -0.2) is 30.2 Å². The van der Waals surface area contributed by atoms with Crippen molar-refractivity contribution in [2.45, 2.75) is 0 Å². The summed E-state index contributed by atoms with van der Waals surface area (Å²) in [6.45, 7) is 0. The number of carbonyl (C=O) groups is 1. The normalized spacial score (nSPS) is 10.7. The Hall–Kier alpha value is -3.47. The Balaban J connectivity index is 1.77. The minimum absolute atomic E-state index is 0.283. The van der Waals surface area contributed by atoms with Gasteiger partial charge in [-0.15, -0.1) is 5.10 Å². The van der Waals surface area contributed by atoms with Crippen molar-refractivity contribution in [2.75, 3.05) is 24.3 Å². The maximum atomic E-state index is 12.3. The van der Waals surface area contributed by atoms with E-state index < -0.39 is 0 Å². The first-order chi connectivity index (χ1) is 12.6. The van der Waals surface area contributed by atoms with Crippen molar-refractivity contribution in [2.24, 2.45) is 0 Å². The second-order valence-corrected chi connectivity index (χ2v) is 5.97. The van der Waals surface area contributed by atoms with E-state index in [1.54, 1.807) is 12.1 Å². The molecule has 0 atom stereocenters. The molecule has 0 aliphatic rings. The highest BCUT2D eigenvalue weighted by atomic mass is 16.1. The number of nitrogens with zero attached hydrogens (tertiary/aromatic N) is 3. The predicted molar refractivity (Wildman–Crippen MR) is 106 cm³/mol. The minimum atomic E-state index is -0.283. The lowest BCUT2D eigenvalue weighted by Crippen LogP contribution is -2.14. The predicted octanol–water partition coefficient (Wildman–Crippen LogP) is 3.97. The van der Waals surface area contributed by atoms with Gasteiger partial charge in [-0.3, -0.25) is 4.79 Å². The molecule has 0 unspecified atom stereocenters. The quantitative estimate of drug-likeness (QED) is 0.712. The van der Waals surface area contributed by atoms with Crippen molar-refractivity contribution in [1.29, 1.82) is 0 Å². The van der Waals surface area contributed by atoms with Crippen LogP contribution in [0.5, 0.6) is 0 Å². The summed E-state index contributed by atoms with van der Waals surface area (Å²) in [6.07, 6.45) is 5.54. The van der Waals surface area contributed by atoms with Gasteiger partial charge in [0, 0.05) is 31.7 Å².